The van der Waals surface area contributed by atoms with Gasteiger partial charge in [0.1, 0.15) is 5.69 Å². The van der Waals surface area contributed by atoms with E-state index in [-0.39, 0.29) is 11.6 Å². The molecule has 134 valence electrons. The van der Waals surface area contributed by atoms with Crippen molar-refractivity contribution >= 4 is 46.3 Å². The Hall–Kier alpha value is -2.97. The van der Waals surface area contributed by atoms with E-state index in [1.807, 2.05) is 42.5 Å². The lowest BCUT2D eigenvalue weighted by Gasteiger charge is -2.02. The van der Waals surface area contributed by atoms with Gasteiger partial charge in [-0.3, -0.25) is 15.1 Å². The normalized spacial score (nSPS) is 10.9. The Labute approximate surface area is 163 Å². The Morgan fingerprint density at radius 1 is 1.07 bits per heavy atom. The second-order valence-electron chi connectivity index (χ2n) is 5.58. The zero-order chi connectivity index (χ0) is 18.6. The van der Waals surface area contributed by atoms with Crippen LogP contribution in [0.25, 0.3) is 11.0 Å². The van der Waals surface area contributed by atoms with E-state index in [1.165, 1.54) is 18.0 Å². The third-order valence-corrected chi connectivity index (χ3v) is 4.83. The van der Waals surface area contributed by atoms with Crippen molar-refractivity contribution < 1.29 is 4.79 Å². The number of hydrogen-bond donors (Lipinski definition) is 2. The Balaban J connectivity index is 1.40. The maximum atomic E-state index is 12.4. The minimum absolute atomic E-state index is 0.209. The van der Waals surface area contributed by atoms with Gasteiger partial charge in [-0.05, 0) is 29.8 Å². The second kappa shape index (κ2) is 7.73. The Morgan fingerprint density at radius 2 is 1.85 bits per heavy atom. The van der Waals surface area contributed by atoms with Gasteiger partial charge in [0.15, 0.2) is 0 Å². The summed E-state index contributed by atoms with van der Waals surface area (Å²) in [5.74, 6) is 0.547. The minimum atomic E-state index is -0.404. The third-order valence-electron chi connectivity index (χ3n) is 3.66. The van der Waals surface area contributed by atoms with E-state index < -0.39 is 5.91 Å². The molecule has 4 rings (SSSR count). The van der Waals surface area contributed by atoms with Crippen LogP contribution < -0.4 is 5.32 Å². The van der Waals surface area contributed by atoms with E-state index in [9.17, 15) is 4.79 Å². The van der Waals surface area contributed by atoms with E-state index in [4.69, 9.17) is 11.6 Å². The number of rotatable bonds is 5. The first-order valence-electron chi connectivity index (χ1n) is 8.00. The Kier molecular flexibility index (Phi) is 4.99. The number of carbonyl (C=O) groups excluding carboxylic acids is 1. The molecule has 0 fully saturated rings. The van der Waals surface area contributed by atoms with Gasteiger partial charge < -0.3 is 0 Å². The monoisotopic (exact) mass is 396 g/mol. The van der Waals surface area contributed by atoms with Gasteiger partial charge in [-0.15, -0.1) is 5.10 Å². The smallest absolute Gasteiger partial charge is 0.278 e. The molecular weight excluding hydrogens is 384 g/mol. The fourth-order valence-corrected chi connectivity index (χ4v) is 3.21. The Morgan fingerprint density at radius 3 is 2.67 bits per heavy atom. The van der Waals surface area contributed by atoms with Crippen LogP contribution in [-0.4, -0.2) is 31.1 Å². The van der Waals surface area contributed by atoms with Crippen LogP contribution in [0.3, 0.4) is 0 Å². The summed E-state index contributed by atoms with van der Waals surface area (Å²) in [5.41, 5.74) is 2.70. The molecule has 0 aliphatic heterocycles. The number of benzene rings is 2. The number of halogens is 1. The first-order chi connectivity index (χ1) is 13.2. The number of carbonyl (C=O) groups is 1. The van der Waals surface area contributed by atoms with Crippen LogP contribution in [0.4, 0.5) is 5.95 Å². The summed E-state index contributed by atoms with van der Waals surface area (Å²) in [6.45, 7) is 0. The lowest BCUT2D eigenvalue weighted by Crippen LogP contribution is -2.15. The van der Waals surface area contributed by atoms with Crippen LogP contribution in [0.1, 0.15) is 16.1 Å². The highest BCUT2D eigenvalue weighted by molar-refractivity contribution is 7.98. The van der Waals surface area contributed by atoms with Gasteiger partial charge in [-0.1, -0.05) is 47.6 Å². The Bertz CT molecular complexity index is 1100. The molecule has 4 aromatic rings. The summed E-state index contributed by atoms with van der Waals surface area (Å²) < 4.78 is 0. The minimum Gasteiger partial charge on any atom is -0.289 e. The van der Waals surface area contributed by atoms with Gasteiger partial charge in [-0.2, -0.15) is 4.98 Å². The van der Waals surface area contributed by atoms with Crippen molar-refractivity contribution in [3.8, 4) is 0 Å². The number of thioether (sulfide) groups is 1. The van der Waals surface area contributed by atoms with Crippen LogP contribution in [-0.2, 0) is 5.75 Å². The summed E-state index contributed by atoms with van der Waals surface area (Å²) >= 11 is 7.33. The molecule has 0 bridgehead atoms. The van der Waals surface area contributed by atoms with Gasteiger partial charge in [0.25, 0.3) is 5.91 Å². The molecule has 9 heteroatoms. The molecule has 2 N–H and O–H groups in total. The molecule has 0 aliphatic carbocycles. The van der Waals surface area contributed by atoms with Crippen molar-refractivity contribution in [1.82, 2.24) is 25.1 Å². The maximum Gasteiger partial charge on any atom is 0.278 e. The second-order valence-corrected chi connectivity index (χ2v) is 6.96. The van der Waals surface area contributed by atoms with Crippen LogP contribution in [0.2, 0.25) is 5.02 Å². The summed E-state index contributed by atoms with van der Waals surface area (Å²) in [5, 5.41) is 10.7. The quantitative estimate of drug-likeness (QED) is 0.496. The van der Waals surface area contributed by atoms with E-state index in [0.29, 0.717) is 21.4 Å². The molecule has 0 unspecified atom stereocenters. The van der Waals surface area contributed by atoms with Gasteiger partial charge in [-0.25, -0.2) is 10.1 Å². The predicted molar refractivity (Wildman–Crippen MR) is 105 cm³/mol. The van der Waals surface area contributed by atoms with E-state index in [2.05, 4.69) is 30.5 Å². The van der Waals surface area contributed by atoms with Gasteiger partial charge in [0.05, 0.1) is 17.2 Å². The van der Waals surface area contributed by atoms with E-state index in [1.54, 1.807) is 6.07 Å². The van der Waals surface area contributed by atoms with Gasteiger partial charge in [0, 0.05) is 10.8 Å². The fraction of sp³-hybridized carbons (Fsp3) is 0.0556. The van der Waals surface area contributed by atoms with Crippen molar-refractivity contribution in [2.24, 2.45) is 0 Å². The molecule has 7 nitrogen and oxygen atoms in total. The largest absolute Gasteiger partial charge is 0.289 e. The molecule has 0 saturated heterocycles. The zero-order valence-corrected chi connectivity index (χ0v) is 15.5. The molecule has 2 aromatic carbocycles. The predicted octanol–water partition coefficient (Wildman–Crippen LogP) is 3.95. The molecule has 0 saturated carbocycles. The van der Waals surface area contributed by atoms with E-state index in [0.717, 1.165) is 11.1 Å². The number of anilines is 1. The lowest BCUT2D eigenvalue weighted by atomic mass is 10.2. The van der Waals surface area contributed by atoms with Crippen LogP contribution in [0, 0.1) is 0 Å². The van der Waals surface area contributed by atoms with Gasteiger partial charge in [0.2, 0.25) is 11.1 Å². The van der Waals surface area contributed by atoms with Crippen molar-refractivity contribution in [3.63, 3.8) is 0 Å². The SMILES string of the molecule is O=C(Nc1nc(SCc2ccc(Cl)cc2)n[nH]1)c1cnc2ccccc2n1. The van der Waals surface area contributed by atoms with Crippen LogP contribution >= 0.6 is 23.4 Å². The number of hydrogen-bond acceptors (Lipinski definition) is 6. The molecule has 27 heavy (non-hydrogen) atoms. The highest BCUT2D eigenvalue weighted by Gasteiger charge is 2.12. The number of amides is 1. The molecule has 0 atom stereocenters. The van der Waals surface area contributed by atoms with E-state index >= 15 is 0 Å². The average molecular weight is 397 g/mol. The van der Waals surface area contributed by atoms with Crippen molar-refractivity contribution in [2.75, 3.05) is 5.32 Å². The average Bonchev–Trinajstić information content (AvgIpc) is 3.14. The standard InChI is InChI=1S/C18H13ClN6OS/c19-12-7-5-11(6-8-12)10-27-18-23-17(24-25-18)22-16(26)15-9-20-13-3-1-2-4-14(13)21-15/h1-9H,10H2,(H2,22,23,24,25,26). The summed E-state index contributed by atoms with van der Waals surface area (Å²) in [7, 11) is 0. The molecule has 2 aromatic heterocycles. The highest BCUT2D eigenvalue weighted by Crippen LogP contribution is 2.21. The topological polar surface area (TPSA) is 96.5 Å². The number of para-hydroxylation sites is 2. The number of fused-ring (bicyclic) bond motifs is 1. The fourth-order valence-electron chi connectivity index (χ4n) is 2.33. The zero-order valence-electron chi connectivity index (χ0n) is 13.9. The number of nitrogens with one attached hydrogen (secondary N) is 2. The van der Waals surface area contributed by atoms with Crippen molar-refractivity contribution in [2.45, 2.75) is 10.9 Å². The first-order valence-corrected chi connectivity index (χ1v) is 9.36. The van der Waals surface area contributed by atoms with Crippen molar-refractivity contribution in [1.29, 1.82) is 0 Å². The maximum absolute atomic E-state index is 12.4. The van der Waals surface area contributed by atoms with Crippen molar-refractivity contribution in [3.05, 3.63) is 71.0 Å². The number of H-pyrrole nitrogens is 1. The van der Waals surface area contributed by atoms with Crippen LogP contribution in [0.15, 0.2) is 59.9 Å². The summed E-state index contributed by atoms with van der Waals surface area (Å²) in [4.78, 5) is 25.2. The third kappa shape index (κ3) is 4.24. The van der Waals surface area contributed by atoms with Gasteiger partial charge >= 0.3 is 0 Å². The molecule has 1 amide bonds. The number of aromatic nitrogens is 5. The summed E-state index contributed by atoms with van der Waals surface area (Å²) in [6, 6.07) is 14.9. The molecular formula is C18H13ClN6OS. The molecule has 2 heterocycles. The molecule has 0 spiro atoms. The molecule has 0 aliphatic rings. The first kappa shape index (κ1) is 17.4. The number of aromatic amines is 1. The van der Waals surface area contributed by atoms with Crippen LogP contribution in [0.5, 0.6) is 0 Å². The summed E-state index contributed by atoms with van der Waals surface area (Å²) in [6.07, 6.45) is 1.43. The highest BCUT2D eigenvalue weighted by atomic mass is 35.5. The molecule has 0 radical (unpaired) electrons. The number of nitrogens with zero attached hydrogens (tertiary/aromatic N) is 4. The lowest BCUT2D eigenvalue weighted by molar-refractivity contribution is 0.102.